The Balaban J connectivity index is 2.06. The van der Waals surface area contributed by atoms with Gasteiger partial charge in [0.05, 0.1) is 18.7 Å². The minimum atomic E-state index is 0.620. The Morgan fingerprint density at radius 2 is 1.85 bits per heavy atom. The van der Waals surface area contributed by atoms with Crippen LogP contribution in [0, 0.1) is 5.92 Å². The van der Waals surface area contributed by atoms with Gasteiger partial charge in [-0.15, -0.1) is 0 Å². The number of hydrogen-bond donors (Lipinski definition) is 1. The first-order valence-electron chi connectivity index (χ1n) is 7.29. The van der Waals surface area contributed by atoms with Crippen molar-refractivity contribution in [3.63, 3.8) is 0 Å². The molecule has 2 unspecified atom stereocenters. The second-order valence-corrected chi connectivity index (χ2v) is 6.40. The molecule has 112 valence electrons. The van der Waals surface area contributed by atoms with E-state index in [0.29, 0.717) is 6.04 Å². The highest BCUT2D eigenvalue weighted by Crippen LogP contribution is 2.33. The van der Waals surface area contributed by atoms with Gasteiger partial charge in [-0.25, -0.2) is 0 Å². The molecule has 0 amide bonds. The molecule has 0 heterocycles. The number of halogens is 1. The summed E-state index contributed by atoms with van der Waals surface area (Å²) >= 11 is 3.54. The van der Waals surface area contributed by atoms with E-state index in [4.69, 9.17) is 9.47 Å². The molecule has 0 radical (unpaired) electrons. The third-order valence-corrected chi connectivity index (χ3v) is 4.84. The summed E-state index contributed by atoms with van der Waals surface area (Å²) in [5, 5.41) is 3.69. The summed E-state index contributed by atoms with van der Waals surface area (Å²) in [6.45, 7) is 3.18. The van der Waals surface area contributed by atoms with Crippen LogP contribution in [0.25, 0.3) is 0 Å². The van der Waals surface area contributed by atoms with Crippen LogP contribution in [0.15, 0.2) is 16.6 Å². The first-order chi connectivity index (χ1) is 9.65. The van der Waals surface area contributed by atoms with E-state index < -0.39 is 0 Å². The molecule has 0 aliphatic heterocycles. The summed E-state index contributed by atoms with van der Waals surface area (Å²) < 4.78 is 11.7. The van der Waals surface area contributed by atoms with Crippen LogP contribution >= 0.6 is 15.9 Å². The molecule has 0 spiro atoms. The average molecular weight is 342 g/mol. The van der Waals surface area contributed by atoms with Crippen LogP contribution in [0.4, 0.5) is 0 Å². The van der Waals surface area contributed by atoms with Crippen LogP contribution in [0.5, 0.6) is 11.5 Å². The molecule has 3 nitrogen and oxygen atoms in total. The highest BCUT2D eigenvalue weighted by molar-refractivity contribution is 9.10. The molecule has 2 atom stereocenters. The SMILES string of the molecule is COc1cc(OC)c(CNC2CCCCC2C)cc1Br. The zero-order chi connectivity index (χ0) is 14.5. The lowest BCUT2D eigenvalue weighted by molar-refractivity contribution is 0.278. The number of rotatable bonds is 5. The molecule has 20 heavy (non-hydrogen) atoms. The fourth-order valence-electron chi connectivity index (χ4n) is 2.92. The predicted octanol–water partition coefficient (Wildman–Crippen LogP) is 4.13. The fourth-order valence-corrected chi connectivity index (χ4v) is 3.47. The van der Waals surface area contributed by atoms with Gasteiger partial charge in [-0.1, -0.05) is 19.8 Å². The van der Waals surface area contributed by atoms with Gasteiger partial charge in [0.15, 0.2) is 0 Å². The highest BCUT2D eigenvalue weighted by Gasteiger charge is 2.21. The summed E-state index contributed by atoms with van der Waals surface area (Å²) in [4.78, 5) is 0. The third-order valence-electron chi connectivity index (χ3n) is 4.22. The van der Waals surface area contributed by atoms with Gasteiger partial charge in [0.1, 0.15) is 11.5 Å². The maximum absolute atomic E-state index is 5.47. The first kappa shape index (κ1) is 15.6. The van der Waals surface area contributed by atoms with Crippen molar-refractivity contribution in [2.24, 2.45) is 5.92 Å². The second-order valence-electron chi connectivity index (χ2n) is 5.55. The molecule has 1 N–H and O–H groups in total. The van der Waals surface area contributed by atoms with Gasteiger partial charge >= 0.3 is 0 Å². The zero-order valence-corrected chi connectivity index (χ0v) is 14.1. The Bertz CT molecular complexity index is 450. The van der Waals surface area contributed by atoms with Crippen molar-refractivity contribution in [1.82, 2.24) is 5.32 Å². The molecule has 1 saturated carbocycles. The Morgan fingerprint density at radius 3 is 2.50 bits per heavy atom. The Hall–Kier alpha value is -0.740. The predicted molar refractivity (Wildman–Crippen MR) is 85.5 cm³/mol. The highest BCUT2D eigenvalue weighted by atomic mass is 79.9. The van der Waals surface area contributed by atoms with Crippen LogP contribution in [0.2, 0.25) is 0 Å². The lowest BCUT2D eigenvalue weighted by Gasteiger charge is -2.30. The topological polar surface area (TPSA) is 30.5 Å². The molecule has 0 aromatic heterocycles. The molecule has 0 bridgehead atoms. The number of ether oxygens (including phenoxy) is 2. The molecule has 0 saturated heterocycles. The van der Waals surface area contributed by atoms with Crippen molar-refractivity contribution in [3.8, 4) is 11.5 Å². The molecule has 1 aliphatic carbocycles. The smallest absolute Gasteiger partial charge is 0.136 e. The molecule has 1 aliphatic rings. The minimum Gasteiger partial charge on any atom is -0.496 e. The summed E-state index contributed by atoms with van der Waals surface area (Å²) in [5.74, 6) is 2.44. The summed E-state index contributed by atoms with van der Waals surface area (Å²) in [6.07, 6.45) is 5.32. The van der Waals surface area contributed by atoms with Crippen LogP contribution < -0.4 is 14.8 Å². The Morgan fingerprint density at radius 1 is 1.15 bits per heavy atom. The van der Waals surface area contributed by atoms with E-state index in [1.807, 2.05) is 6.07 Å². The van der Waals surface area contributed by atoms with Crippen molar-refractivity contribution < 1.29 is 9.47 Å². The van der Waals surface area contributed by atoms with Gasteiger partial charge < -0.3 is 14.8 Å². The van der Waals surface area contributed by atoms with E-state index >= 15 is 0 Å². The van der Waals surface area contributed by atoms with Gasteiger partial charge in [0.25, 0.3) is 0 Å². The van der Waals surface area contributed by atoms with E-state index in [-0.39, 0.29) is 0 Å². The van der Waals surface area contributed by atoms with Crippen molar-refractivity contribution in [2.45, 2.75) is 45.2 Å². The van der Waals surface area contributed by atoms with Crippen LogP contribution in [0.3, 0.4) is 0 Å². The molecular weight excluding hydrogens is 318 g/mol. The van der Waals surface area contributed by atoms with E-state index in [1.165, 1.54) is 25.7 Å². The minimum absolute atomic E-state index is 0.620. The first-order valence-corrected chi connectivity index (χ1v) is 8.08. The second kappa shape index (κ2) is 7.32. The lowest BCUT2D eigenvalue weighted by atomic mass is 9.86. The number of hydrogen-bond acceptors (Lipinski definition) is 3. The van der Waals surface area contributed by atoms with Crippen molar-refractivity contribution >= 4 is 15.9 Å². The fraction of sp³-hybridized carbons (Fsp3) is 0.625. The van der Waals surface area contributed by atoms with Gasteiger partial charge in [0, 0.05) is 24.2 Å². The van der Waals surface area contributed by atoms with E-state index in [1.54, 1.807) is 14.2 Å². The quantitative estimate of drug-likeness (QED) is 0.873. The summed E-state index contributed by atoms with van der Waals surface area (Å²) in [5.41, 5.74) is 1.16. The summed E-state index contributed by atoms with van der Waals surface area (Å²) in [7, 11) is 3.37. The van der Waals surface area contributed by atoms with Crippen LogP contribution in [-0.2, 0) is 6.54 Å². The third kappa shape index (κ3) is 3.67. The maximum Gasteiger partial charge on any atom is 0.136 e. The van der Waals surface area contributed by atoms with Crippen molar-refractivity contribution in [3.05, 3.63) is 22.2 Å². The van der Waals surface area contributed by atoms with Gasteiger partial charge in [0.2, 0.25) is 0 Å². The van der Waals surface area contributed by atoms with E-state index in [2.05, 4.69) is 34.2 Å². The molecule has 1 aromatic carbocycles. The number of benzene rings is 1. The summed E-state index contributed by atoms with van der Waals surface area (Å²) in [6, 6.07) is 4.64. The number of nitrogens with one attached hydrogen (secondary N) is 1. The van der Waals surface area contributed by atoms with Crippen molar-refractivity contribution in [1.29, 1.82) is 0 Å². The normalized spacial score (nSPS) is 22.6. The van der Waals surface area contributed by atoms with Crippen LogP contribution in [0.1, 0.15) is 38.2 Å². The molecular formula is C16H24BrNO2. The maximum atomic E-state index is 5.47. The van der Waals surface area contributed by atoms with Gasteiger partial charge in [-0.3, -0.25) is 0 Å². The Kier molecular flexibility index (Phi) is 5.73. The van der Waals surface area contributed by atoms with Gasteiger partial charge in [-0.2, -0.15) is 0 Å². The molecule has 2 rings (SSSR count). The molecule has 1 fully saturated rings. The van der Waals surface area contributed by atoms with Gasteiger partial charge in [-0.05, 0) is 40.8 Å². The standard InChI is InChI=1S/C16H24BrNO2/c1-11-6-4-5-7-14(11)18-10-12-8-13(17)16(20-3)9-15(12)19-2/h8-9,11,14,18H,4-7,10H2,1-3H3. The van der Waals surface area contributed by atoms with E-state index in [9.17, 15) is 0 Å². The average Bonchev–Trinajstić information content (AvgIpc) is 2.46. The Labute approximate surface area is 130 Å². The number of methoxy groups -OCH3 is 2. The largest absolute Gasteiger partial charge is 0.496 e. The monoisotopic (exact) mass is 341 g/mol. The molecule has 1 aromatic rings. The van der Waals surface area contributed by atoms with E-state index in [0.717, 1.165) is 34.0 Å². The zero-order valence-electron chi connectivity index (χ0n) is 12.5. The lowest BCUT2D eigenvalue weighted by Crippen LogP contribution is -2.36. The molecule has 4 heteroatoms. The van der Waals surface area contributed by atoms with Crippen LogP contribution in [-0.4, -0.2) is 20.3 Å². The van der Waals surface area contributed by atoms with Crippen molar-refractivity contribution in [2.75, 3.05) is 14.2 Å².